The summed E-state index contributed by atoms with van der Waals surface area (Å²) in [7, 11) is 2.02. The topological polar surface area (TPSA) is 107 Å². The number of nitrogens with zero attached hydrogens (tertiary/aromatic N) is 1. The number of pyridine rings is 1. The summed E-state index contributed by atoms with van der Waals surface area (Å²) < 4.78 is 2.14. The number of rotatable bonds is 5. The third-order valence-electron chi connectivity index (χ3n) is 5.61. The first-order chi connectivity index (χ1) is 13.9. The second kappa shape index (κ2) is 8.38. The number of aromatic hydroxyl groups is 1. The molecule has 158 valence electrons. The standard InChI is InChI=1S/C22H23N3O4.ClH/c1-3-7-23-11-14-8-13-9-16-12(10-17(13)25(14)2)5-4-6-15-19(16)24-21(27)18(20(15)26)22(28)29;/h3,8-10,23H,1,4-7,11H2,2H3,(H,28,29)(H2,24,26,27);1H. The van der Waals surface area contributed by atoms with Crippen molar-refractivity contribution in [3.05, 3.63) is 63.6 Å². The number of hydrogen-bond donors (Lipinski definition) is 4. The third kappa shape index (κ3) is 3.51. The summed E-state index contributed by atoms with van der Waals surface area (Å²) in [4.78, 5) is 26.4. The normalized spacial score (nSPS) is 12.6. The van der Waals surface area contributed by atoms with Crippen molar-refractivity contribution in [1.82, 2.24) is 14.9 Å². The molecular weight excluding hydrogens is 406 g/mol. The number of aryl methyl sites for hydroxylation is 2. The summed E-state index contributed by atoms with van der Waals surface area (Å²) in [5.41, 5.74) is 3.75. The van der Waals surface area contributed by atoms with Gasteiger partial charge in [-0.15, -0.1) is 19.0 Å². The number of carbonyl (C=O) groups is 1. The van der Waals surface area contributed by atoms with Crippen LogP contribution in [0.2, 0.25) is 0 Å². The maximum atomic E-state index is 12.3. The van der Waals surface area contributed by atoms with Gasteiger partial charge in [0.2, 0.25) is 0 Å². The molecule has 0 saturated carbocycles. The number of carboxylic acids is 1. The van der Waals surface area contributed by atoms with Crippen LogP contribution in [0.25, 0.3) is 22.2 Å². The van der Waals surface area contributed by atoms with Crippen LogP contribution in [0.3, 0.4) is 0 Å². The van der Waals surface area contributed by atoms with E-state index >= 15 is 0 Å². The van der Waals surface area contributed by atoms with Crippen molar-refractivity contribution in [2.45, 2.75) is 25.8 Å². The van der Waals surface area contributed by atoms with Gasteiger partial charge >= 0.3 is 5.97 Å². The molecule has 0 amide bonds. The molecule has 0 saturated heterocycles. The molecule has 7 nitrogen and oxygen atoms in total. The van der Waals surface area contributed by atoms with Gasteiger partial charge in [0.05, 0.1) is 5.69 Å². The van der Waals surface area contributed by atoms with Crippen LogP contribution in [-0.4, -0.2) is 32.3 Å². The first-order valence-corrected chi connectivity index (χ1v) is 9.57. The van der Waals surface area contributed by atoms with Gasteiger partial charge in [-0.1, -0.05) is 6.08 Å². The molecule has 0 radical (unpaired) electrons. The van der Waals surface area contributed by atoms with Crippen LogP contribution in [0.1, 0.15) is 33.6 Å². The highest BCUT2D eigenvalue weighted by Crippen LogP contribution is 2.38. The molecule has 0 fully saturated rings. The van der Waals surface area contributed by atoms with Crippen molar-refractivity contribution in [3.63, 3.8) is 0 Å². The summed E-state index contributed by atoms with van der Waals surface area (Å²) in [6, 6.07) is 6.23. The Morgan fingerprint density at radius 1 is 1.33 bits per heavy atom. The van der Waals surface area contributed by atoms with E-state index in [0.29, 0.717) is 24.2 Å². The highest BCUT2D eigenvalue weighted by Gasteiger charge is 2.26. The zero-order valence-electron chi connectivity index (χ0n) is 16.6. The SMILES string of the molecule is C=CCNCc1cc2cc3c(cc2n1C)CCCc1c-3[nH]c(=O)c(C(=O)O)c1O.Cl. The average Bonchev–Trinajstić information content (AvgIpc) is 2.86. The van der Waals surface area contributed by atoms with E-state index in [4.69, 9.17) is 0 Å². The number of benzene rings is 1. The van der Waals surface area contributed by atoms with Crippen molar-refractivity contribution < 1.29 is 15.0 Å². The predicted octanol–water partition coefficient (Wildman–Crippen LogP) is 3.12. The van der Waals surface area contributed by atoms with Gasteiger partial charge in [-0.05, 0) is 43.0 Å². The van der Waals surface area contributed by atoms with E-state index in [9.17, 15) is 19.8 Å². The summed E-state index contributed by atoms with van der Waals surface area (Å²) in [6.07, 6.45) is 3.84. The van der Waals surface area contributed by atoms with Gasteiger partial charge in [0.15, 0.2) is 5.56 Å². The van der Waals surface area contributed by atoms with Crippen molar-refractivity contribution in [3.8, 4) is 17.0 Å². The fourth-order valence-electron chi connectivity index (χ4n) is 4.15. The first-order valence-electron chi connectivity index (χ1n) is 9.57. The van der Waals surface area contributed by atoms with Crippen LogP contribution in [0.5, 0.6) is 5.75 Å². The van der Waals surface area contributed by atoms with Crippen molar-refractivity contribution in [1.29, 1.82) is 0 Å². The van der Waals surface area contributed by atoms with Gasteiger partial charge in [0.25, 0.3) is 5.56 Å². The number of carboxylic acid groups (broad SMARTS) is 1. The van der Waals surface area contributed by atoms with Crippen LogP contribution < -0.4 is 10.9 Å². The molecular formula is C22H24ClN3O4. The maximum absolute atomic E-state index is 12.3. The Labute approximate surface area is 179 Å². The number of hydrogen-bond acceptors (Lipinski definition) is 4. The Morgan fingerprint density at radius 2 is 2.10 bits per heavy atom. The van der Waals surface area contributed by atoms with Gasteiger partial charge in [0, 0.05) is 47.9 Å². The zero-order valence-corrected chi connectivity index (χ0v) is 17.4. The van der Waals surface area contributed by atoms with E-state index in [0.717, 1.165) is 47.1 Å². The molecule has 8 heteroatoms. The molecule has 0 atom stereocenters. The molecule has 4 N–H and O–H groups in total. The molecule has 4 rings (SSSR count). The van der Waals surface area contributed by atoms with Crippen molar-refractivity contribution >= 4 is 29.3 Å². The number of aromatic carboxylic acids is 1. The first kappa shape index (κ1) is 21.7. The molecule has 1 aliphatic rings. The lowest BCUT2D eigenvalue weighted by atomic mass is 9.98. The Bertz CT molecular complexity index is 1210. The fourth-order valence-corrected chi connectivity index (χ4v) is 4.15. The number of nitrogens with one attached hydrogen (secondary N) is 2. The largest absolute Gasteiger partial charge is 0.506 e. The molecule has 2 aromatic heterocycles. The van der Waals surface area contributed by atoms with E-state index in [-0.39, 0.29) is 12.4 Å². The number of halogens is 1. The van der Waals surface area contributed by atoms with E-state index in [2.05, 4.69) is 33.6 Å². The molecule has 0 bridgehead atoms. The number of fused-ring (bicyclic) bond motifs is 4. The second-order valence-electron chi connectivity index (χ2n) is 7.37. The minimum Gasteiger partial charge on any atom is -0.506 e. The minimum absolute atomic E-state index is 0. The molecule has 3 aromatic rings. The molecule has 0 spiro atoms. The van der Waals surface area contributed by atoms with Crippen LogP contribution in [0.15, 0.2) is 35.6 Å². The Kier molecular flexibility index (Phi) is 6.05. The van der Waals surface area contributed by atoms with Gasteiger partial charge in [-0.2, -0.15) is 0 Å². The molecule has 0 aliphatic heterocycles. The summed E-state index contributed by atoms with van der Waals surface area (Å²) in [5, 5.41) is 24.1. The van der Waals surface area contributed by atoms with Crippen LogP contribution >= 0.6 is 12.4 Å². The lowest BCUT2D eigenvalue weighted by Gasteiger charge is -2.13. The van der Waals surface area contributed by atoms with E-state index in [1.54, 1.807) is 0 Å². The molecule has 30 heavy (non-hydrogen) atoms. The molecule has 0 unspecified atom stereocenters. The zero-order chi connectivity index (χ0) is 20.7. The summed E-state index contributed by atoms with van der Waals surface area (Å²) in [5.74, 6) is -1.85. The monoisotopic (exact) mass is 429 g/mol. The lowest BCUT2D eigenvalue weighted by Crippen LogP contribution is -2.20. The Balaban J connectivity index is 0.00000256. The Hall–Kier alpha value is -3.03. The van der Waals surface area contributed by atoms with E-state index in [1.807, 2.05) is 19.2 Å². The number of aromatic amines is 1. The lowest BCUT2D eigenvalue weighted by molar-refractivity contribution is 0.0691. The fraction of sp³-hybridized carbons (Fsp3) is 0.273. The molecule has 1 aromatic carbocycles. The van der Waals surface area contributed by atoms with E-state index in [1.165, 1.54) is 0 Å². The predicted molar refractivity (Wildman–Crippen MR) is 119 cm³/mol. The van der Waals surface area contributed by atoms with Crippen molar-refractivity contribution in [2.24, 2.45) is 7.05 Å². The average molecular weight is 430 g/mol. The van der Waals surface area contributed by atoms with Gasteiger partial charge in [-0.25, -0.2) is 4.79 Å². The smallest absolute Gasteiger partial charge is 0.345 e. The number of H-pyrrole nitrogens is 1. The number of aromatic nitrogens is 2. The third-order valence-corrected chi connectivity index (χ3v) is 5.61. The second-order valence-corrected chi connectivity index (χ2v) is 7.37. The van der Waals surface area contributed by atoms with Gasteiger partial charge < -0.3 is 25.1 Å². The quantitative estimate of drug-likeness (QED) is 0.368. The van der Waals surface area contributed by atoms with E-state index < -0.39 is 22.8 Å². The van der Waals surface area contributed by atoms with Crippen LogP contribution in [0, 0.1) is 0 Å². The molecule has 1 aliphatic carbocycles. The van der Waals surface area contributed by atoms with Crippen LogP contribution in [0.4, 0.5) is 0 Å². The van der Waals surface area contributed by atoms with Gasteiger partial charge in [0.1, 0.15) is 5.75 Å². The Morgan fingerprint density at radius 3 is 2.80 bits per heavy atom. The highest BCUT2D eigenvalue weighted by molar-refractivity contribution is 5.93. The van der Waals surface area contributed by atoms with Gasteiger partial charge in [-0.3, -0.25) is 4.79 Å². The maximum Gasteiger partial charge on any atom is 0.345 e. The summed E-state index contributed by atoms with van der Waals surface area (Å²) in [6.45, 7) is 5.14. The minimum atomic E-state index is -1.42. The van der Waals surface area contributed by atoms with Crippen LogP contribution in [-0.2, 0) is 26.4 Å². The van der Waals surface area contributed by atoms with Crippen molar-refractivity contribution in [2.75, 3.05) is 6.54 Å². The highest BCUT2D eigenvalue weighted by atomic mass is 35.5. The molecule has 2 heterocycles. The summed E-state index contributed by atoms with van der Waals surface area (Å²) >= 11 is 0.